The van der Waals surface area contributed by atoms with Crippen LogP contribution in [0.5, 0.6) is 0 Å². The first kappa shape index (κ1) is 20.0. The van der Waals surface area contributed by atoms with Crippen LogP contribution in [0.1, 0.15) is 36.2 Å². The summed E-state index contributed by atoms with van der Waals surface area (Å²) in [6.45, 7) is 4.06. The second-order valence-corrected chi connectivity index (χ2v) is 10.4. The summed E-state index contributed by atoms with van der Waals surface area (Å²) in [6.07, 6.45) is 12.1. The van der Waals surface area contributed by atoms with Crippen LogP contribution in [0.3, 0.4) is 0 Å². The number of rotatable bonds is 4. The van der Waals surface area contributed by atoms with Crippen molar-refractivity contribution in [2.24, 2.45) is 5.41 Å². The van der Waals surface area contributed by atoms with Crippen LogP contribution in [0.15, 0.2) is 43.0 Å². The Balaban J connectivity index is 1.15. The van der Waals surface area contributed by atoms with E-state index in [0.29, 0.717) is 23.1 Å². The Morgan fingerprint density at radius 1 is 1.09 bits per heavy atom. The van der Waals surface area contributed by atoms with E-state index in [4.69, 9.17) is 5.10 Å². The van der Waals surface area contributed by atoms with Crippen LogP contribution >= 0.6 is 0 Å². The largest absolute Gasteiger partial charge is 0.350 e. The summed E-state index contributed by atoms with van der Waals surface area (Å²) in [5.74, 6) is 0.722. The number of imidazole rings is 1. The molecule has 3 fully saturated rings. The monoisotopic (exact) mass is 456 g/mol. The number of carbonyl (C=O) groups excluding carboxylic acids is 1. The second-order valence-electron chi connectivity index (χ2n) is 10.4. The number of aromatic nitrogens is 5. The lowest BCUT2D eigenvalue weighted by Crippen LogP contribution is -2.63. The summed E-state index contributed by atoms with van der Waals surface area (Å²) < 4.78 is 3.78. The maximum Gasteiger partial charge on any atom is 0.272 e. The molecule has 4 aromatic rings. The van der Waals surface area contributed by atoms with Gasteiger partial charge in [-0.1, -0.05) is 0 Å². The number of nitrogens with zero attached hydrogens (tertiary/aromatic N) is 7. The summed E-state index contributed by atoms with van der Waals surface area (Å²) >= 11 is 0. The molecule has 1 amide bonds. The van der Waals surface area contributed by atoms with Crippen molar-refractivity contribution in [1.82, 2.24) is 33.8 Å². The summed E-state index contributed by atoms with van der Waals surface area (Å²) in [6, 6.07) is 6.51. The number of likely N-dealkylation sites (tertiary alicyclic amines) is 2. The van der Waals surface area contributed by atoms with E-state index < -0.39 is 0 Å². The van der Waals surface area contributed by atoms with Crippen molar-refractivity contribution >= 4 is 23.0 Å². The lowest BCUT2D eigenvalue weighted by Gasteiger charge is -2.58. The molecule has 4 aromatic heterocycles. The van der Waals surface area contributed by atoms with Gasteiger partial charge in [-0.25, -0.2) is 14.5 Å². The first-order valence-corrected chi connectivity index (χ1v) is 12.1. The molecule has 2 saturated heterocycles. The smallest absolute Gasteiger partial charge is 0.272 e. The van der Waals surface area contributed by atoms with Gasteiger partial charge in [0.05, 0.1) is 17.9 Å². The Morgan fingerprint density at radius 3 is 2.71 bits per heavy atom. The number of hydrogen-bond donors (Lipinski definition) is 1. The van der Waals surface area contributed by atoms with E-state index in [9.17, 15) is 4.79 Å². The van der Waals surface area contributed by atoms with Gasteiger partial charge in [0, 0.05) is 55.7 Å². The zero-order valence-corrected chi connectivity index (χ0v) is 19.3. The van der Waals surface area contributed by atoms with Gasteiger partial charge in [0.1, 0.15) is 11.3 Å². The summed E-state index contributed by atoms with van der Waals surface area (Å²) in [4.78, 5) is 26.4. The lowest BCUT2D eigenvalue weighted by atomic mass is 9.61. The zero-order chi connectivity index (χ0) is 22.9. The quantitative estimate of drug-likeness (QED) is 0.509. The molecule has 0 atom stereocenters. The average Bonchev–Trinajstić information content (AvgIpc) is 3.55. The third-order valence-corrected chi connectivity index (χ3v) is 7.75. The predicted molar refractivity (Wildman–Crippen MR) is 129 cm³/mol. The molecule has 34 heavy (non-hydrogen) atoms. The van der Waals surface area contributed by atoms with Gasteiger partial charge >= 0.3 is 0 Å². The Hall–Kier alpha value is -3.46. The fourth-order valence-corrected chi connectivity index (χ4v) is 6.22. The topological polar surface area (TPSA) is 83.1 Å². The molecule has 0 unspecified atom stereocenters. The van der Waals surface area contributed by atoms with Crippen molar-refractivity contribution < 1.29 is 4.79 Å². The summed E-state index contributed by atoms with van der Waals surface area (Å²) in [5.41, 5.74) is 4.88. The van der Waals surface area contributed by atoms with Crippen LogP contribution in [0.25, 0.3) is 22.3 Å². The molecule has 174 valence electrons. The van der Waals surface area contributed by atoms with E-state index in [2.05, 4.69) is 33.3 Å². The van der Waals surface area contributed by atoms with Crippen molar-refractivity contribution in [3.8, 4) is 11.1 Å². The molecular formula is C25H28N8O. The molecule has 0 bridgehead atoms. The molecule has 3 aliphatic rings. The second kappa shape index (κ2) is 7.27. The first-order valence-electron chi connectivity index (χ1n) is 12.1. The molecule has 6 heterocycles. The van der Waals surface area contributed by atoms with Crippen molar-refractivity contribution in [2.45, 2.75) is 31.7 Å². The minimum absolute atomic E-state index is 0.0502. The van der Waals surface area contributed by atoms with Crippen LogP contribution in [0, 0.1) is 5.41 Å². The lowest BCUT2D eigenvalue weighted by molar-refractivity contribution is -0.0514. The van der Waals surface area contributed by atoms with Gasteiger partial charge in [0.15, 0.2) is 0 Å². The Kier molecular flexibility index (Phi) is 4.27. The van der Waals surface area contributed by atoms with Gasteiger partial charge in [-0.05, 0) is 56.3 Å². The first-order chi connectivity index (χ1) is 16.6. The highest BCUT2D eigenvalue weighted by atomic mass is 16.2. The average molecular weight is 457 g/mol. The third kappa shape index (κ3) is 3.10. The molecular weight excluding hydrogens is 428 g/mol. The van der Waals surface area contributed by atoms with Crippen LogP contribution in [-0.2, 0) is 0 Å². The Labute approximate surface area is 197 Å². The number of carbonyl (C=O) groups is 1. The van der Waals surface area contributed by atoms with Crippen molar-refractivity contribution in [3.05, 3.63) is 48.7 Å². The van der Waals surface area contributed by atoms with Gasteiger partial charge < -0.3 is 15.1 Å². The van der Waals surface area contributed by atoms with Crippen LogP contribution in [-0.4, -0.2) is 79.0 Å². The van der Waals surface area contributed by atoms with E-state index in [1.54, 1.807) is 6.20 Å². The number of pyridine rings is 1. The number of hydrogen-bond acceptors (Lipinski definition) is 6. The Bertz CT molecular complexity index is 1400. The maximum atomic E-state index is 13.0. The fourth-order valence-electron chi connectivity index (χ4n) is 6.22. The van der Waals surface area contributed by atoms with Crippen molar-refractivity contribution in [1.29, 1.82) is 0 Å². The SMILES string of the molecule is CN1CC2(CC(Nc3ncc4c(-c5ccc6ncc(C(=O)N7CCCC7)n6c5)ccn4n3)C2)C1. The number of anilines is 1. The zero-order valence-electron chi connectivity index (χ0n) is 19.3. The van der Waals surface area contributed by atoms with Crippen molar-refractivity contribution in [2.75, 3.05) is 38.5 Å². The molecule has 0 aromatic carbocycles. The molecule has 2 aliphatic heterocycles. The minimum atomic E-state index is 0.0502. The van der Waals surface area contributed by atoms with E-state index >= 15 is 0 Å². The molecule has 1 saturated carbocycles. The molecule has 1 aliphatic carbocycles. The molecule has 0 radical (unpaired) electrons. The summed E-state index contributed by atoms with van der Waals surface area (Å²) in [5, 5.41) is 8.21. The van der Waals surface area contributed by atoms with Crippen LogP contribution in [0.4, 0.5) is 5.95 Å². The van der Waals surface area contributed by atoms with Crippen molar-refractivity contribution in [3.63, 3.8) is 0 Å². The fraction of sp³-hybridized carbons (Fsp3) is 0.440. The Morgan fingerprint density at radius 2 is 1.91 bits per heavy atom. The third-order valence-electron chi connectivity index (χ3n) is 7.75. The van der Waals surface area contributed by atoms with Gasteiger partial charge in [-0.3, -0.25) is 9.20 Å². The predicted octanol–water partition coefficient (Wildman–Crippen LogP) is 2.79. The summed E-state index contributed by atoms with van der Waals surface area (Å²) in [7, 11) is 2.18. The van der Waals surface area contributed by atoms with E-state index in [1.165, 1.54) is 25.9 Å². The van der Waals surface area contributed by atoms with E-state index in [0.717, 1.165) is 48.2 Å². The highest BCUT2D eigenvalue weighted by Gasteiger charge is 2.51. The number of fused-ring (bicyclic) bond motifs is 2. The van der Waals surface area contributed by atoms with Gasteiger partial charge in [0.25, 0.3) is 5.91 Å². The van der Waals surface area contributed by atoms with Crippen LogP contribution < -0.4 is 5.32 Å². The standard InChI is InChI=1S/C25H28N8O/c1-30-15-25(16-30)10-18(11-25)28-24-27-12-20-19(6-9-33(20)29-24)17-4-5-22-26-13-21(32(22)14-17)23(34)31-7-2-3-8-31/h4-6,9,12-14,18H,2-3,7-8,10-11,15-16H2,1H3,(H,28,29). The maximum absolute atomic E-state index is 13.0. The minimum Gasteiger partial charge on any atom is -0.350 e. The van der Waals surface area contributed by atoms with Gasteiger partial charge in [0.2, 0.25) is 5.95 Å². The molecule has 9 nitrogen and oxygen atoms in total. The highest BCUT2D eigenvalue weighted by molar-refractivity contribution is 5.93. The number of nitrogens with one attached hydrogen (secondary N) is 1. The molecule has 9 heteroatoms. The van der Waals surface area contributed by atoms with Crippen LogP contribution in [0.2, 0.25) is 0 Å². The molecule has 7 rings (SSSR count). The van der Waals surface area contributed by atoms with E-state index in [1.807, 2.05) is 44.5 Å². The highest BCUT2D eigenvalue weighted by Crippen LogP contribution is 2.48. The van der Waals surface area contributed by atoms with Gasteiger partial charge in [-0.2, -0.15) is 0 Å². The van der Waals surface area contributed by atoms with E-state index in [-0.39, 0.29) is 5.91 Å². The molecule has 1 N–H and O–H groups in total. The normalized spacial score (nSPS) is 20.2. The number of amides is 1. The van der Waals surface area contributed by atoms with Gasteiger partial charge in [-0.15, -0.1) is 5.10 Å². The molecule has 1 spiro atoms.